The Kier molecular flexibility index (Phi) is 4.19. The van der Waals surface area contributed by atoms with E-state index in [1.165, 1.54) is 12.1 Å². The van der Waals surface area contributed by atoms with Gasteiger partial charge in [0, 0.05) is 6.26 Å². The van der Waals surface area contributed by atoms with E-state index >= 15 is 0 Å². The van der Waals surface area contributed by atoms with Gasteiger partial charge in [0.25, 0.3) is 5.91 Å². The van der Waals surface area contributed by atoms with Gasteiger partial charge in [0.1, 0.15) is 5.82 Å². The number of anilines is 1. The lowest BCUT2D eigenvalue weighted by molar-refractivity contribution is 0.102. The first kappa shape index (κ1) is 15.3. The van der Waals surface area contributed by atoms with E-state index in [1.807, 2.05) is 0 Å². The molecule has 1 amide bonds. The lowest BCUT2D eigenvalue weighted by Crippen LogP contribution is -2.15. The highest BCUT2D eigenvalue weighted by atomic mass is 35.5. The molecule has 110 valence electrons. The van der Waals surface area contributed by atoms with E-state index in [9.17, 15) is 17.6 Å². The molecule has 1 aromatic heterocycles. The number of hydrogen-bond acceptors (Lipinski definition) is 5. The van der Waals surface area contributed by atoms with Crippen molar-refractivity contribution in [2.75, 3.05) is 11.6 Å². The number of sulfone groups is 1. The van der Waals surface area contributed by atoms with E-state index in [2.05, 4.69) is 15.5 Å². The van der Waals surface area contributed by atoms with Crippen LogP contribution >= 0.6 is 11.6 Å². The smallest absolute Gasteiger partial charge is 0.276 e. The van der Waals surface area contributed by atoms with Crippen LogP contribution in [0.2, 0.25) is 5.15 Å². The van der Waals surface area contributed by atoms with E-state index in [0.29, 0.717) is 0 Å². The first-order chi connectivity index (χ1) is 9.77. The molecule has 0 aliphatic heterocycles. The van der Waals surface area contributed by atoms with Gasteiger partial charge in [-0.3, -0.25) is 4.79 Å². The molecule has 0 aliphatic rings. The van der Waals surface area contributed by atoms with Gasteiger partial charge in [-0.1, -0.05) is 11.6 Å². The van der Waals surface area contributed by atoms with Crippen molar-refractivity contribution in [3.63, 3.8) is 0 Å². The third kappa shape index (κ3) is 3.73. The Labute approximate surface area is 124 Å². The minimum absolute atomic E-state index is 0.0800. The predicted molar refractivity (Wildman–Crippen MR) is 74.5 cm³/mol. The van der Waals surface area contributed by atoms with Crippen LogP contribution < -0.4 is 5.32 Å². The number of nitrogens with one attached hydrogen (secondary N) is 1. The van der Waals surface area contributed by atoms with Gasteiger partial charge in [-0.25, -0.2) is 12.8 Å². The molecule has 0 saturated carbocycles. The lowest BCUT2D eigenvalue weighted by atomic mass is 10.3. The molecule has 0 aliphatic carbocycles. The van der Waals surface area contributed by atoms with Gasteiger partial charge in [-0.2, -0.15) is 0 Å². The van der Waals surface area contributed by atoms with Crippen molar-refractivity contribution in [1.29, 1.82) is 0 Å². The summed E-state index contributed by atoms with van der Waals surface area (Å²) in [6.45, 7) is 0. The maximum absolute atomic E-state index is 13.6. The molecule has 1 aromatic carbocycles. The second-order valence-electron chi connectivity index (χ2n) is 4.11. The van der Waals surface area contributed by atoms with Crippen LogP contribution in [0.5, 0.6) is 0 Å². The topological polar surface area (TPSA) is 89.0 Å². The van der Waals surface area contributed by atoms with Crippen molar-refractivity contribution in [1.82, 2.24) is 10.2 Å². The molecule has 2 rings (SSSR count). The summed E-state index contributed by atoms with van der Waals surface area (Å²) in [5, 5.41) is 9.37. The van der Waals surface area contributed by atoms with E-state index in [4.69, 9.17) is 11.6 Å². The summed E-state index contributed by atoms with van der Waals surface area (Å²) < 4.78 is 36.5. The average Bonchev–Trinajstić information content (AvgIpc) is 2.40. The van der Waals surface area contributed by atoms with Crippen LogP contribution in [-0.2, 0) is 9.84 Å². The molecule has 6 nitrogen and oxygen atoms in total. The summed E-state index contributed by atoms with van der Waals surface area (Å²) in [5.74, 6) is -1.50. The quantitative estimate of drug-likeness (QED) is 0.869. The Morgan fingerprint density at radius 2 is 1.95 bits per heavy atom. The van der Waals surface area contributed by atoms with Crippen molar-refractivity contribution in [2.45, 2.75) is 4.90 Å². The standard InChI is InChI=1S/C12H9ClFN3O3S/c1-21(19,20)7-2-3-8(14)10(6-7)15-12(18)9-4-5-11(13)17-16-9/h2-6H,1H3,(H,15,18). The molecule has 21 heavy (non-hydrogen) atoms. The molecule has 1 heterocycles. The number of benzene rings is 1. The molecular weight excluding hydrogens is 321 g/mol. The number of carbonyl (C=O) groups excluding carboxylic acids is 1. The zero-order valence-electron chi connectivity index (χ0n) is 10.7. The van der Waals surface area contributed by atoms with Crippen molar-refractivity contribution in [3.05, 3.63) is 47.0 Å². The highest BCUT2D eigenvalue weighted by Crippen LogP contribution is 2.20. The molecule has 0 saturated heterocycles. The third-order valence-electron chi connectivity index (χ3n) is 2.48. The fraction of sp³-hybridized carbons (Fsp3) is 0.0833. The second kappa shape index (κ2) is 5.74. The number of hydrogen-bond donors (Lipinski definition) is 1. The van der Waals surface area contributed by atoms with E-state index in [-0.39, 0.29) is 21.4 Å². The number of aromatic nitrogens is 2. The molecule has 0 unspecified atom stereocenters. The van der Waals surface area contributed by atoms with Crippen molar-refractivity contribution < 1.29 is 17.6 Å². The molecule has 9 heteroatoms. The number of amides is 1. The Morgan fingerprint density at radius 3 is 2.52 bits per heavy atom. The molecule has 0 bridgehead atoms. The zero-order chi connectivity index (χ0) is 15.6. The van der Waals surface area contributed by atoms with Gasteiger partial charge in [0.05, 0.1) is 10.6 Å². The lowest BCUT2D eigenvalue weighted by Gasteiger charge is -2.07. The van der Waals surface area contributed by atoms with Crippen LogP contribution in [0.3, 0.4) is 0 Å². The fourth-order valence-corrected chi connectivity index (χ4v) is 2.20. The Balaban J connectivity index is 2.31. The molecule has 2 aromatic rings. The van der Waals surface area contributed by atoms with Gasteiger partial charge in [0.2, 0.25) is 0 Å². The minimum Gasteiger partial charge on any atom is -0.318 e. The Bertz CT molecular complexity index is 794. The number of nitrogens with zero attached hydrogens (tertiary/aromatic N) is 2. The Hall–Kier alpha value is -2.06. The average molecular weight is 330 g/mol. The highest BCUT2D eigenvalue weighted by molar-refractivity contribution is 7.90. The molecule has 0 spiro atoms. The van der Waals surface area contributed by atoms with Crippen LogP contribution in [0, 0.1) is 5.82 Å². The number of halogens is 2. The van der Waals surface area contributed by atoms with Gasteiger partial charge in [-0.15, -0.1) is 10.2 Å². The molecule has 0 radical (unpaired) electrons. The normalized spacial score (nSPS) is 11.2. The SMILES string of the molecule is CS(=O)(=O)c1ccc(F)c(NC(=O)c2ccc(Cl)nn2)c1. The van der Waals surface area contributed by atoms with Gasteiger partial charge in [0.15, 0.2) is 20.7 Å². The largest absolute Gasteiger partial charge is 0.318 e. The molecule has 0 atom stereocenters. The zero-order valence-corrected chi connectivity index (χ0v) is 12.2. The van der Waals surface area contributed by atoms with Crippen LogP contribution in [0.25, 0.3) is 0 Å². The van der Waals surface area contributed by atoms with Gasteiger partial charge < -0.3 is 5.32 Å². The fourth-order valence-electron chi connectivity index (χ4n) is 1.45. The first-order valence-electron chi connectivity index (χ1n) is 5.57. The molecule has 1 N–H and O–H groups in total. The maximum atomic E-state index is 13.6. The van der Waals surface area contributed by atoms with Crippen molar-refractivity contribution >= 4 is 33.0 Å². The summed E-state index contributed by atoms with van der Waals surface area (Å²) in [7, 11) is -3.51. The first-order valence-corrected chi connectivity index (χ1v) is 7.84. The van der Waals surface area contributed by atoms with Crippen LogP contribution in [0.4, 0.5) is 10.1 Å². The van der Waals surface area contributed by atoms with Crippen molar-refractivity contribution in [3.8, 4) is 0 Å². The monoisotopic (exact) mass is 329 g/mol. The number of rotatable bonds is 3. The van der Waals surface area contributed by atoms with E-state index < -0.39 is 21.6 Å². The minimum atomic E-state index is -3.51. The molecular formula is C12H9ClFN3O3S. The van der Waals surface area contributed by atoms with Crippen LogP contribution in [0.15, 0.2) is 35.2 Å². The highest BCUT2D eigenvalue weighted by Gasteiger charge is 2.15. The van der Waals surface area contributed by atoms with E-state index in [1.54, 1.807) is 0 Å². The van der Waals surface area contributed by atoms with Crippen LogP contribution in [-0.4, -0.2) is 30.8 Å². The summed E-state index contributed by atoms with van der Waals surface area (Å²) in [6.07, 6.45) is 0.983. The van der Waals surface area contributed by atoms with Crippen LogP contribution in [0.1, 0.15) is 10.5 Å². The van der Waals surface area contributed by atoms with E-state index in [0.717, 1.165) is 24.5 Å². The van der Waals surface area contributed by atoms with Crippen molar-refractivity contribution in [2.24, 2.45) is 0 Å². The predicted octanol–water partition coefficient (Wildman–Crippen LogP) is 1.92. The van der Waals surface area contributed by atoms with Gasteiger partial charge in [-0.05, 0) is 30.3 Å². The summed E-state index contributed by atoms with van der Waals surface area (Å²) in [6, 6.07) is 5.77. The number of carbonyl (C=O) groups is 1. The maximum Gasteiger partial charge on any atom is 0.276 e. The Morgan fingerprint density at radius 1 is 1.24 bits per heavy atom. The molecule has 0 fully saturated rings. The third-order valence-corrected chi connectivity index (χ3v) is 3.79. The summed E-state index contributed by atoms with van der Waals surface area (Å²) in [4.78, 5) is 11.8. The van der Waals surface area contributed by atoms with Gasteiger partial charge >= 0.3 is 0 Å². The summed E-state index contributed by atoms with van der Waals surface area (Å²) in [5.41, 5.74) is -0.344. The second-order valence-corrected chi connectivity index (χ2v) is 6.51. The summed E-state index contributed by atoms with van der Waals surface area (Å²) >= 11 is 5.54.